The molecule has 0 fully saturated rings. The van der Waals surface area contributed by atoms with Gasteiger partial charge in [-0.1, -0.05) is 30.0 Å². The van der Waals surface area contributed by atoms with Gasteiger partial charge in [0.2, 0.25) is 0 Å². The number of ether oxygens (including phenoxy) is 1. The number of anilines is 1. The predicted octanol–water partition coefficient (Wildman–Crippen LogP) is 5.40. The molecule has 0 bridgehead atoms. The third-order valence-electron chi connectivity index (χ3n) is 6.37. The highest BCUT2D eigenvalue weighted by atomic mass is 32.2. The molecule has 2 aromatic carbocycles. The fraction of sp³-hybridized carbons (Fsp3) is 0.143. The monoisotopic (exact) mass is 558 g/mol. The molecule has 6 rings (SSSR count). The average molecular weight is 559 g/mol. The highest BCUT2D eigenvalue weighted by Gasteiger charge is 2.25. The lowest BCUT2D eigenvalue weighted by molar-refractivity contribution is 0.103. The molecule has 2 N–H and O–H groups in total. The maximum atomic E-state index is 13.6. The van der Waals surface area contributed by atoms with E-state index >= 15 is 0 Å². The summed E-state index contributed by atoms with van der Waals surface area (Å²) in [6.45, 7) is 5.67. The number of hydrogen-bond acceptors (Lipinski definition) is 9. The van der Waals surface area contributed by atoms with Crippen molar-refractivity contribution in [1.29, 1.82) is 0 Å². The van der Waals surface area contributed by atoms with E-state index in [1.807, 2.05) is 38.1 Å². The number of carbonyl (C=O) groups is 1. The normalized spacial score (nSPS) is 12.7. The van der Waals surface area contributed by atoms with Crippen molar-refractivity contribution >= 4 is 61.6 Å². The van der Waals surface area contributed by atoms with E-state index in [4.69, 9.17) is 9.15 Å². The Bertz CT molecular complexity index is 1970. The summed E-state index contributed by atoms with van der Waals surface area (Å²) in [5.41, 5.74) is 6.40. The molecule has 0 unspecified atom stereocenters. The minimum Gasteiger partial charge on any atom is -0.493 e. The van der Waals surface area contributed by atoms with Crippen molar-refractivity contribution in [2.24, 2.45) is 0 Å². The van der Waals surface area contributed by atoms with E-state index in [0.29, 0.717) is 53.9 Å². The van der Waals surface area contributed by atoms with Crippen LogP contribution in [0.4, 0.5) is 5.69 Å². The first-order valence-electron chi connectivity index (χ1n) is 11.9. The Kier molecular flexibility index (Phi) is 6.04. The number of aromatic nitrogens is 2. The zero-order valence-corrected chi connectivity index (χ0v) is 23.0. The standard InChI is InChI=1S/C28H22N4O5S2/c1-13-8-14(2)10-17(9-13)29-24(33)23-15(3)21-25(39-23)30-28-32(26(21)34)31-19(12-38-28)18-11-16-6-5-7-20(36-4)22(16)37-27(18)35/h5-12,31H,1-4H3,(H,29,33). The van der Waals surface area contributed by atoms with Crippen molar-refractivity contribution in [3.05, 3.63) is 95.8 Å². The Labute approximate surface area is 230 Å². The van der Waals surface area contributed by atoms with Gasteiger partial charge in [-0.25, -0.2) is 9.78 Å². The molecule has 196 valence electrons. The van der Waals surface area contributed by atoms with Crippen LogP contribution >= 0.6 is 23.1 Å². The van der Waals surface area contributed by atoms with Gasteiger partial charge in [0.15, 0.2) is 16.5 Å². The first-order chi connectivity index (χ1) is 18.7. The van der Waals surface area contributed by atoms with Crippen LogP contribution in [0.5, 0.6) is 5.75 Å². The summed E-state index contributed by atoms with van der Waals surface area (Å²) in [4.78, 5) is 45.2. The number of thioether (sulfide) groups is 1. The fourth-order valence-electron chi connectivity index (χ4n) is 4.64. The van der Waals surface area contributed by atoms with Crippen molar-refractivity contribution in [1.82, 2.24) is 9.66 Å². The number of para-hydroxylation sites is 1. The van der Waals surface area contributed by atoms with Crippen molar-refractivity contribution in [2.45, 2.75) is 25.9 Å². The smallest absolute Gasteiger partial charge is 0.345 e. The van der Waals surface area contributed by atoms with E-state index in [0.717, 1.165) is 11.1 Å². The number of hydrogen-bond donors (Lipinski definition) is 2. The van der Waals surface area contributed by atoms with Crippen LogP contribution in [-0.2, 0) is 0 Å². The molecule has 0 saturated heterocycles. The SMILES string of the molecule is COc1cccc2cc(C3=CSc4nc5sc(C(=O)Nc6cc(C)cc(C)c6)c(C)c5c(=O)n4N3)c(=O)oc12. The molecule has 0 aliphatic carbocycles. The van der Waals surface area contributed by atoms with Crippen LogP contribution in [-0.4, -0.2) is 22.7 Å². The molecule has 9 nitrogen and oxygen atoms in total. The van der Waals surface area contributed by atoms with Crippen molar-refractivity contribution < 1.29 is 13.9 Å². The van der Waals surface area contributed by atoms with Crippen molar-refractivity contribution in [3.63, 3.8) is 0 Å². The Morgan fingerprint density at radius 3 is 2.62 bits per heavy atom. The molecule has 3 aromatic heterocycles. The Hall–Kier alpha value is -4.35. The summed E-state index contributed by atoms with van der Waals surface area (Å²) in [7, 11) is 1.51. The predicted molar refractivity (Wildman–Crippen MR) is 155 cm³/mol. The van der Waals surface area contributed by atoms with Crippen molar-refractivity contribution in [2.75, 3.05) is 17.9 Å². The Morgan fingerprint density at radius 2 is 1.87 bits per heavy atom. The van der Waals surface area contributed by atoms with Gasteiger partial charge >= 0.3 is 5.63 Å². The summed E-state index contributed by atoms with van der Waals surface area (Å²) in [5, 5.41) is 6.06. The molecule has 0 saturated carbocycles. The second-order valence-corrected chi connectivity index (χ2v) is 11.0. The second-order valence-electron chi connectivity index (χ2n) is 9.19. The fourth-order valence-corrected chi connectivity index (χ4v) is 6.55. The molecule has 0 spiro atoms. The van der Waals surface area contributed by atoms with Gasteiger partial charge in [-0.2, -0.15) is 4.68 Å². The van der Waals surface area contributed by atoms with Gasteiger partial charge in [0, 0.05) is 16.5 Å². The average Bonchev–Trinajstić information content (AvgIpc) is 3.23. The zero-order valence-electron chi connectivity index (χ0n) is 21.4. The van der Waals surface area contributed by atoms with Gasteiger partial charge in [0.1, 0.15) is 4.83 Å². The summed E-state index contributed by atoms with van der Waals surface area (Å²) in [5.74, 6) is 0.154. The third-order valence-corrected chi connectivity index (χ3v) is 8.39. The number of amides is 1. The maximum Gasteiger partial charge on any atom is 0.345 e. The number of aryl methyl sites for hydroxylation is 3. The molecule has 0 radical (unpaired) electrons. The molecule has 5 aromatic rings. The molecule has 1 aliphatic heterocycles. The summed E-state index contributed by atoms with van der Waals surface area (Å²) in [6, 6.07) is 12.8. The highest BCUT2D eigenvalue weighted by molar-refractivity contribution is 8.02. The number of thiophene rings is 1. The lowest BCUT2D eigenvalue weighted by Gasteiger charge is -2.19. The minimum atomic E-state index is -0.575. The van der Waals surface area contributed by atoms with Crippen LogP contribution in [0.2, 0.25) is 0 Å². The number of fused-ring (bicyclic) bond motifs is 3. The topological polar surface area (TPSA) is 115 Å². The van der Waals surface area contributed by atoms with Gasteiger partial charge in [-0.3, -0.25) is 15.0 Å². The van der Waals surface area contributed by atoms with Gasteiger partial charge in [-0.15, -0.1) is 11.3 Å². The van der Waals surface area contributed by atoms with Gasteiger partial charge in [0.05, 0.1) is 28.6 Å². The number of nitrogens with one attached hydrogen (secondary N) is 2. The van der Waals surface area contributed by atoms with Crippen LogP contribution in [0.25, 0.3) is 26.9 Å². The number of benzene rings is 2. The lowest BCUT2D eigenvalue weighted by Crippen LogP contribution is -2.33. The van der Waals surface area contributed by atoms with E-state index in [1.54, 1.807) is 30.5 Å². The van der Waals surface area contributed by atoms with Crippen LogP contribution in [0.3, 0.4) is 0 Å². The molecular formula is C28H22N4O5S2. The maximum absolute atomic E-state index is 13.6. The van der Waals surface area contributed by atoms with Crippen LogP contribution in [0.15, 0.2) is 67.0 Å². The molecular weight excluding hydrogens is 536 g/mol. The van der Waals surface area contributed by atoms with E-state index in [9.17, 15) is 14.4 Å². The molecule has 11 heteroatoms. The lowest BCUT2D eigenvalue weighted by atomic mass is 10.1. The van der Waals surface area contributed by atoms with Crippen LogP contribution in [0.1, 0.15) is 31.9 Å². The first-order valence-corrected chi connectivity index (χ1v) is 13.6. The number of methoxy groups -OCH3 is 1. The molecule has 4 heterocycles. The van der Waals surface area contributed by atoms with Crippen molar-refractivity contribution in [3.8, 4) is 5.75 Å². The highest BCUT2D eigenvalue weighted by Crippen LogP contribution is 2.33. The van der Waals surface area contributed by atoms with Gasteiger partial charge < -0.3 is 14.5 Å². The number of rotatable bonds is 4. The third kappa shape index (κ3) is 4.29. The quantitative estimate of drug-likeness (QED) is 0.223. The zero-order chi connectivity index (χ0) is 27.4. The van der Waals surface area contributed by atoms with Crippen LogP contribution in [0, 0.1) is 20.8 Å². The first kappa shape index (κ1) is 25.0. The molecule has 1 amide bonds. The summed E-state index contributed by atoms with van der Waals surface area (Å²) in [6.07, 6.45) is 0. The molecule has 39 heavy (non-hydrogen) atoms. The summed E-state index contributed by atoms with van der Waals surface area (Å²) >= 11 is 2.38. The minimum absolute atomic E-state index is 0.261. The number of nitrogens with zero attached hydrogens (tertiary/aromatic N) is 2. The second kappa shape index (κ2) is 9.44. The van der Waals surface area contributed by atoms with Gasteiger partial charge in [0.25, 0.3) is 11.5 Å². The summed E-state index contributed by atoms with van der Waals surface area (Å²) < 4.78 is 12.1. The Balaban J connectivity index is 1.37. The van der Waals surface area contributed by atoms with E-state index < -0.39 is 5.63 Å². The van der Waals surface area contributed by atoms with E-state index in [2.05, 4.69) is 15.7 Å². The van der Waals surface area contributed by atoms with Crippen LogP contribution < -0.4 is 26.7 Å². The largest absolute Gasteiger partial charge is 0.493 e. The van der Waals surface area contributed by atoms with E-state index in [1.165, 1.54) is 34.9 Å². The van der Waals surface area contributed by atoms with E-state index in [-0.39, 0.29) is 17.0 Å². The molecule has 0 atom stereocenters. The Morgan fingerprint density at radius 1 is 1.10 bits per heavy atom. The number of carbonyl (C=O) groups excluding carboxylic acids is 1. The molecule has 1 aliphatic rings. The van der Waals surface area contributed by atoms with Gasteiger partial charge in [-0.05, 0) is 61.7 Å².